The van der Waals surface area contributed by atoms with Crippen LogP contribution in [-0.4, -0.2) is 16.2 Å². The fraction of sp³-hybridized carbons (Fsp3) is 0.250. The maximum atomic E-state index is 9.02. The Morgan fingerprint density at radius 1 is 1.25 bits per heavy atom. The summed E-state index contributed by atoms with van der Waals surface area (Å²) >= 11 is 0. The van der Waals surface area contributed by atoms with Crippen molar-refractivity contribution in [3.8, 4) is 6.07 Å². The molecule has 0 unspecified atom stereocenters. The van der Waals surface area contributed by atoms with Gasteiger partial charge >= 0.3 is 0 Å². The van der Waals surface area contributed by atoms with Crippen molar-refractivity contribution in [1.82, 2.24) is 10.2 Å². The van der Waals surface area contributed by atoms with Crippen LogP contribution in [0.3, 0.4) is 0 Å². The Hall–Kier alpha value is -2.15. The molecule has 0 atom stereocenters. The number of hydrogen-bond donors (Lipinski definition) is 1. The van der Waals surface area contributed by atoms with Crippen molar-refractivity contribution in [1.29, 1.82) is 5.26 Å². The van der Waals surface area contributed by atoms with Crippen LogP contribution in [0.4, 0.5) is 5.69 Å². The van der Waals surface area contributed by atoms with Gasteiger partial charge in [-0.1, -0.05) is 18.2 Å². The summed E-state index contributed by atoms with van der Waals surface area (Å²) in [6.07, 6.45) is 2.34. The molecule has 16 heavy (non-hydrogen) atoms. The molecule has 1 N–H and O–H groups in total. The predicted molar refractivity (Wildman–Crippen MR) is 60.9 cm³/mol. The van der Waals surface area contributed by atoms with E-state index >= 15 is 0 Å². The third-order valence-electron chi connectivity index (χ3n) is 2.70. The Bertz CT molecular complexity index is 581. The van der Waals surface area contributed by atoms with Crippen molar-refractivity contribution in [2.45, 2.75) is 18.9 Å². The standard InChI is InChI=1S/C12H10N4/c13-7-11-12(14-8-5-6-8)9-3-1-2-4-10(9)15-16-11/h1-4,8H,5-6H2,(H,14,15). The summed E-state index contributed by atoms with van der Waals surface area (Å²) in [5, 5.41) is 21.3. The van der Waals surface area contributed by atoms with Crippen molar-refractivity contribution in [2.24, 2.45) is 0 Å². The first-order valence-electron chi connectivity index (χ1n) is 5.30. The Kier molecular flexibility index (Phi) is 1.97. The molecule has 1 aromatic carbocycles. The van der Waals surface area contributed by atoms with Gasteiger partial charge in [-0.05, 0) is 18.9 Å². The summed E-state index contributed by atoms with van der Waals surface area (Å²) in [5.74, 6) is 0. The summed E-state index contributed by atoms with van der Waals surface area (Å²) in [6, 6.07) is 10.3. The average molecular weight is 210 g/mol. The Balaban J connectivity index is 2.22. The van der Waals surface area contributed by atoms with Crippen LogP contribution >= 0.6 is 0 Å². The summed E-state index contributed by atoms with van der Waals surface area (Å²) in [7, 11) is 0. The minimum atomic E-state index is 0.380. The molecular formula is C12H10N4. The normalized spacial score (nSPS) is 14.7. The molecule has 4 heteroatoms. The van der Waals surface area contributed by atoms with E-state index in [2.05, 4.69) is 21.6 Å². The second-order valence-electron chi connectivity index (χ2n) is 3.97. The van der Waals surface area contributed by atoms with Crippen LogP contribution < -0.4 is 5.32 Å². The van der Waals surface area contributed by atoms with E-state index in [0.29, 0.717) is 11.7 Å². The minimum Gasteiger partial charge on any atom is -0.379 e. The number of fused-ring (bicyclic) bond motifs is 1. The van der Waals surface area contributed by atoms with Crippen LogP contribution in [0.1, 0.15) is 18.5 Å². The van der Waals surface area contributed by atoms with E-state index in [9.17, 15) is 0 Å². The molecule has 4 nitrogen and oxygen atoms in total. The van der Waals surface area contributed by atoms with E-state index in [1.165, 1.54) is 12.8 Å². The minimum absolute atomic E-state index is 0.380. The molecule has 0 aliphatic heterocycles. The van der Waals surface area contributed by atoms with Crippen LogP contribution in [0.25, 0.3) is 10.9 Å². The van der Waals surface area contributed by atoms with Crippen molar-refractivity contribution in [2.75, 3.05) is 5.32 Å². The average Bonchev–Trinajstić information content (AvgIpc) is 3.13. The third-order valence-corrected chi connectivity index (χ3v) is 2.70. The van der Waals surface area contributed by atoms with E-state index in [1.807, 2.05) is 24.3 Å². The SMILES string of the molecule is N#Cc1nnc2ccccc2c1NC1CC1. The smallest absolute Gasteiger partial charge is 0.186 e. The van der Waals surface area contributed by atoms with Crippen molar-refractivity contribution in [3.63, 3.8) is 0 Å². The lowest BCUT2D eigenvalue weighted by molar-refractivity contribution is 1.04. The summed E-state index contributed by atoms with van der Waals surface area (Å²) in [4.78, 5) is 0. The van der Waals surface area contributed by atoms with Gasteiger partial charge in [0.2, 0.25) is 0 Å². The predicted octanol–water partition coefficient (Wildman–Crippen LogP) is 2.08. The third kappa shape index (κ3) is 1.47. The quantitative estimate of drug-likeness (QED) is 0.824. The first kappa shape index (κ1) is 9.10. The van der Waals surface area contributed by atoms with Gasteiger partial charge < -0.3 is 5.32 Å². The monoisotopic (exact) mass is 210 g/mol. The number of nitrogens with one attached hydrogen (secondary N) is 1. The van der Waals surface area contributed by atoms with Gasteiger partial charge in [0.25, 0.3) is 0 Å². The molecule has 0 saturated heterocycles. The highest BCUT2D eigenvalue weighted by molar-refractivity contribution is 5.92. The number of hydrogen-bond acceptors (Lipinski definition) is 4. The number of benzene rings is 1. The first-order valence-corrected chi connectivity index (χ1v) is 5.30. The van der Waals surface area contributed by atoms with E-state index in [1.54, 1.807) is 0 Å². The molecule has 3 rings (SSSR count). The molecule has 0 radical (unpaired) electrons. The maximum Gasteiger partial charge on any atom is 0.186 e. The Labute approximate surface area is 92.9 Å². The molecule has 0 bridgehead atoms. The van der Waals surface area contributed by atoms with E-state index in [0.717, 1.165) is 16.6 Å². The number of rotatable bonds is 2. The van der Waals surface area contributed by atoms with Crippen LogP contribution in [-0.2, 0) is 0 Å². The first-order chi connectivity index (χ1) is 7.88. The molecule has 1 aliphatic carbocycles. The molecule has 78 valence electrons. The fourth-order valence-electron chi connectivity index (χ4n) is 1.71. The van der Waals surface area contributed by atoms with Gasteiger partial charge in [-0.25, -0.2) is 0 Å². The van der Waals surface area contributed by atoms with Gasteiger partial charge in [0.15, 0.2) is 5.69 Å². The zero-order valence-electron chi connectivity index (χ0n) is 8.64. The van der Waals surface area contributed by atoms with Crippen molar-refractivity contribution in [3.05, 3.63) is 30.0 Å². The van der Waals surface area contributed by atoms with Crippen LogP contribution in [0, 0.1) is 11.3 Å². The molecular weight excluding hydrogens is 200 g/mol. The van der Waals surface area contributed by atoms with Crippen molar-refractivity contribution >= 4 is 16.6 Å². The molecule has 1 heterocycles. The lowest BCUT2D eigenvalue weighted by Crippen LogP contribution is -2.06. The molecule has 0 spiro atoms. The van der Waals surface area contributed by atoms with Gasteiger partial charge in [0.05, 0.1) is 11.2 Å². The van der Waals surface area contributed by atoms with Crippen LogP contribution in [0.2, 0.25) is 0 Å². The Morgan fingerprint density at radius 3 is 2.81 bits per heavy atom. The number of nitriles is 1. The fourth-order valence-corrected chi connectivity index (χ4v) is 1.71. The largest absolute Gasteiger partial charge is 0.379 e. The highest BCUT2D eigenvalue weighted by Gasteiger charge is 2.23. The number of anilines is 1. The van der Waals surface area contributed by atoms with Crippen molar-refractivity contribution < 1.29 is 0 Å². The number of aromatic nitrogens is 2. The molecule has 1 aliphatic rings. The second kappa shape index (κ2) is 3.46. The van der Waals surface area contributed by atoms with E-state index in [4.69, 9.17) is 5.26 Å². The molecule has 1 saturated carbocycles. The topological polar surface area (TPSA) is 61.6 Å². The van der Waals surface area contributed by atoms with Gasteiger partial charge in [-0.3, -0.25) is 0 Å². The summed E-state index contributed by atoms with van der Waals surface area (Å²) in [5.41, 5.74) is 2.03. The summed E-state index contributed by atoms with van der Waals surface area (Å²) in [6.45, 7) is 0. The van der Waals surface area contributed by atoms with Crippen LogP contribution in [0.15, 0.2) is 24.3 Å². The van der Waals surface area contributed by atoms with E-state index < -0.39 is 0 Å². The zero-order valence-corrected chi connectivity index (χ0v) is 8.64. The van der Waals surface area contributed by atoms with Crippen LogP contribution in [0.5, 0.6) is 0 Å². The number of nitrogens with zero attached hydrogens (tertiary/aromatic N) is 3. The lowest BCUT2D eigenvalue weighted by Gasteiger charge is -2.08. The highest BCUT2D eigenvalue weighted by atomic mass is 15.1. The van der Waals surface area contributed by atoms with Gasteiger partial charge in [0, 0.05) is 11.4 Å². The molecule has 0 amide bonds. The van der Waals surface area contributed by atoms with Gasteiger partial charge in [-0.2, -0.15) is 5.26 Å². The molecule has 1 fully saturated rings. The van der Waals surface area contributed by atoms with Gasteiger partial charge in [-0.15, -0.1) is 10.2 Å². The highest BCUT2D eigenvalue weighted by Crippen LogP contribution is 2.30. The van der Waals surface area contributed by atoms with Gasteiger partial charge in [0.1, 0.15) is 6.07 Å². The lowest BCUT2D eigenvalue weighted by atomic mass is 10.1. The second-order valence-corrected chi connectivity index (χ2v) is 3.97. The summed E-state index contributed by atoms with van der Waals surface area (Å²) < 4.78 is 0. The zero-order chi connectivity index (χ0) is 11.0. The van der Waals surface area contributed by atoms with E-state index in [-0.39, 0.29) is 0 Å². The Morgan fingerprint density at radius 2 is 2.06 bits per heavy atom. The molecule has 1 aromatic heterocycles. The molecule has 2 aromatic rings. The maximum absolute atomic E-state index is 9.02.